The maximum atomic E-state index is 10.9. The van der Waals surface area contributed by atoms with Crippen molar-refractivity contribution in [2.75, 3.05) is 12.4 Å². The third-order valence-corrected chi connectivity index (χ3v) is 3.43. The zero-order valence-electron chi connectivity index (χ0n) is 12.5. The third-order valence-electron chi connectivity index (χ3n) is 3.43. The minimum atomic E-state index is -0.890. The van der Waals surface area contributed by atoms with Gasteiger partial charge in [-0.05, 0) is 54.3 Å². The van der Waals surface area contributed by atoms with E-state index in [0.717, 1.165) is 27.9 Å². The Labute approximate surface area is 124 Å². The number of carboxylic acid groups (broad SMARTS) is 1. The van der Waals surface area contributed by atoms with Crippen LogP contribution in [0.3, 0.4) is 0 Å². The number of anilines is 1. The molecule has 0 atom stereocenters. The quantitative estimate of drug-likeness (QED) is 0.826. The number of hydrogen-bond donors (Lipinski definition) is 2. The lowest BCUT2D eigenvalue weighted by atomic mass is 9.97. The van der Waals surface area contributed by atoms with Gasteiger partial charge in [-0.2, -0.15) is 0 Å². The summed E-state index contributed by atoms with van der Waals surface area (Å²) in [4.78, 5) is 10.9. The summed E-state index contributed by atoms with van der Waals surface area (Å²) in [6.45, 7) is 3.64. The van der Waals surface area contributed by atoms with E-state index in [0.29, 0.717) is 5.57 Å². The number of rotatable bonds is 4. The van der Waals surface area contributed by atoms with E-state index in [-0.39, 0.29) is 0 Å². The summed E-state index contributed by atoms with van der Waals surface area (Å²) < 4.78 is 0. The van der Waals surface area contributed by atoms with Crippen molar-refractivity contribution in [2.45, 2.75) is 13.8 Å². The molecule has 2 N–H and O–H groups in total. The van der Waals surface area contributed by atoms with Gasteiger partial charge in [0.2, 0.25) is 0 Å². The van der Waals surface area contributed by atoms with Crippen molar-refractivity contribution in [3.05, 3.63) is 59.2 Å². The van der Waals surface area contributed by atoms with Crippen LogP contribution in [0.1, 0.15) is 18.1 Å². The molecule has 0 amide bonds. The predicted molar refractivity (Wildman–Crippen MR) is 87.4 cm³/mol. The molecule has 0 saturated carbocycles. The van der Waals surface area contributed by atoms with Crippen LogP contribution >= 0.6 is 0 Å². The van der Waals surface area contributed by atoms with E-state index >= 15 is 0 Å². The lowest BCUT2D eigenvalue weighted by Gasteiger charge is -2.09. The van der Waals surface area contributed by atoms with Crippen LogP contribution < -0.4 is 5.32 Å². The molecule has 2 rings (SSSR count). The first kappa shape index (κ1) is 14.9. The fourth-order valence-electron chi connectivity index (χ4n) is 2.25. The molecule has 0 fully saturated rings. The van der Waals surface area contributed by atoms with Crippen LogP contribution in [-0.2, 0) is 4.79 Å². The molecule has 2 aromatic rings. The predicted octanol–water partition coefficient (Wildman–Crippen LogP) is 4.19. The molecule has 0 spiro atoms. The Morgan fingerprint density at radius 2 is 1.95 bits per heavy atom. The van der Waals surface area contributed by atoms with E-state index in [4.69, 9.17) is 5.11 Å². The second kappa shape index (κ2) is 6.27. The molecule has 3 nitrogen and oxygen atoms in total. The van der Waals surface area contributed by atoms with Gasteiger partial charge in [0.15, 0.2) is 0 Å². The van der Waals surface area contributed by atoms with Crippen molar-refractivity contribution in [3.8, 4) is 11.1 Å². The Morgan fingerprint density at radius 1 is 1.19 bits per heavy atom. The average Bonchev–Trinajstić information content (AvgIpc) is 2.47. The van der Waals surface area contributed by atoms with E-state index in [9.17, 15) is 4.79 Å². The van der Waals surface area contributed by atoms with Gasteiger partial charge in [-0.1, -0.05) is 30.3 Å². The topological polar surface area (TPSA) is 49.3 Å². The lowest BCUT2D eigenvalue weighted by molar-refractivity contribution is -0.132. The number of benzene rings is 2. The molecule has 108 valence electrons. The smallest absolute Gasteiger partial charge is 0.331 e. The molecule has 0 unspecified atom stereocenters. The summed E-state index contributed by atoms with van der Waals surface area (Å²) in [5.74, 6) is -0.890. The van der Waals surface area contributed by atoms with E-state index in [1.165, 1.54) is 0 Å². The van der Waals surface area contributed by atoms with Crippen molar-refractivity contribution >= 4 is 17.7 Å². The van der Waals surface area contributed by atoms with Crippen molar-refractivity contribution in [2.24, 2.45) is 0 Å². The van der Waals surface area contributed by atoms with Crippen LogP contribution in [0.15, 0.2) is 48.0 Å². The third kappa shape index (κ3) is 3.51. The summed E-state index contributed by atoms with van der Waals surface area (Å²) in [6, 6.07) is 14.2. The van der Waals surface area contributed by atoms with Crippen LogP contribution in [0, 0.1) is 6.92 Å². The van der Waals surface area contributed by atoms with Crippen molar-refractivity contribution < 1.29 is 9.90 Å². The van der Waals surface area contributed by atoms with E-state index in [1.807, 2.05) is 44.3 Å². The summed E-state index contributed by atoms with van der Waals surface area (Å²) in [6.07, 6.45) is 1.68. The van der Waals surface area contributed by atoms with Crippen molar-refractivity contribution in [1.82, 2.24) is 0 Å². The molecule has 0 aromatic heterocycles. The Bertz CT molecular complexity index is 702. The van der Waals surface area contributed by atoms with Crippen LogP contribution in [-0.4, -0.2) is 18.1 Å². The highest BCUT2D eigenvalue weighted by Crippen LogP contribution is 2.27. The number of hydrogen-bond acceptors (Lipinski definition) is 2. The fourth-order valence-corrected chi connectivity index (χ4v) is 2.25. The van der Waals surface area contributed by atoms with Crippen molar-refractivity contribution in [3.63, 3.8) is 0 Å². The number of aliphatic carboxylic acids is 1. The molecule has 21 heavy (non-hydrogen) atoms. The number of nitrogens with one attached hydrogen (secondary N) is 1. The lowest BCUT2D eigenvalue weighted by Crippen LogP contribution is -1.95. The first-order valence-corrected chi connectivity index (χ1v) is 6.81. The SMILES string of the molecule is CNc1cccc(-c2ccc(/C=C(\C)C(=O)O)cc2C)c1. The molecule has 0 bridgehead atoms. The second-order valence-electron chi connectivity index (χ2n) is 5.04. The van der Waals surface area contributed by atoms with Gasteiger partial charge in [0.1, 0.15) is 0 Å². The highest BCUT2D eigenvalue weighted by molar-refractivity contribution is 5.91. The highest BCUT2D eigenvalue weighted by atomic mass is 16.4. The zero-order chi connectivity index (χ0) is 15.4. The molecule has 2 aromatic carbocycles. The number of carbonyl (C=O) groups is 1. The van der Waals surface area contributed by atoms with Crippen LogP contribution in [0.2, 0.25) is 0 Å². The maximum Gasteiger partial charge on any atom is 0.331 e. The molecule has 3 heteroatoms. The van der Waals surface area contributed by atoms with E-state index in [1.54, 1.807) is 13.0 Å². The molecule has 0 aliphatic carbocycles. The second-order valence-corrected chi connectivity index (χ2v) is 5.04. The molecule has 0 heterocycles. The fraction of sp³-hybridized carbons (Fsp3) is 0.167. The summed E-state index contributed by atoms with van der Waals surface area (Å²) >= 11 is 0. The molecular weight excluding hydrogens is 262 g/mol. The van der Waals surface area contributed by atoms with Gasteiger partial charge in [0.05, 0.1) is 0 Å². The number of carboxylic acids is 1. The Hall–Kier alpha value is -2.55. The maximum absolute atomic E-state index is 10.9. The first-order chi connectivity index (χ1) is 10.0. The Kier molecular flexibility index (Phi) is 4.43. The molecule has 0 radical (unpaired) electrons. The molecule has 0 aliphatic heterocycles. The minimum absolute atomic E-state index is 0.333. The Balaban J connectivity index is 2.39. The Morgan fingerprint density at radius 3 is 2.57 bits per heavy atom. The van der Waals surface area contributed by atoms with Gasteiger partial charge in [0, 0.05) is 18.3 Å². The molecule has 0 aliphatic rings. The number of aryl methyl sites for hydroxylation is 1. The van der Waals surface area contributed by atoms with Gasteiger partial charge < -0.3 is 10.4 Å². The van der Waals surface area contributed by atoms with Gasteiger partial charge >= 0.3 is 5.97 Å². The highest BCUT2D eigenvalue weighted by Gasteiger charge is 2.05. The van der Waals surface area contributed by atoms with Crippen LogP contribution in [0.4, 0.5) is 5.69 Å². The average molecular weight is 281 g/mol. The summed E-state index contributed by atoms with van der Waals surface area (Å²) in [5.41, 5.74) is 5.72. The minimum Gasteiger partial charge on any atom is -0.478 e. The van der Waals surface area contributed by atoms with Gasteiger partial charge in [-0.15, -0.1) is 0 Å². The van der Waals surface area contributed by atoms with Crippen LogP contribution in [0.5, 0.6) is 0 Å². The van der Waals surface area contributed by atoms with Crippen LogP contribution in [0.25, 0.3) is 17.2 Å². The summed E-state index contributed by atoms with van der Waals surface area (Å²) in [5, 5.41) is 12.1. The molecule has 0 saturated heterocycles. The standard InChI is InChI=1S/C18H19NO2/c1-12-9-14(10-13(2)18(20)21)7-8-17(12)15-5-4-6-16(11-15)19-3/h4-11,19H,1-3H3,(H,20,21)/b13-10+. The molecular formula is C18H19NO2. The largest absolute Gasteiger partial charge is 0.478 e. The normalized spacial score (nSPS) is 11.3. The summed E-state index contributed by atoms with van der Waals surface area (Å²) in [7, 11) is 1.90. The zero-order valence-corrected chi connectivity index (χ0v) is 12.5. The monoisotopic (exact) mass is 281 g/mol. The van der Waals surface area contributed by atoms with Gasteiger partial charge in [-0.25, -0.2) is 4.79 Å². The van der Waals surface area contributed by atoms with Crippen molar-refractivity contribution in [1.29, 1.82) is 0 Å². The van der Waals surface area contributed by atoms with E-state index < -0.39 is 5.97 Å². The first-order valence-electron chi connectivity index (χ1n) is 6.81. The van der Waals surface area contributed by atoms with E-state index in [2.05, 4.69) is 17.4 Å². The van der Waals surface area contributed by atoms with Gasteiger partial charge in [-0.3, -0.25) is 0 Å². The van der Waals surface area contributed by atoms with Gasteiger partial charge in [0.25, 0.3) is 0 Å².